The van der Waals surface area contributed by atoms with Crippen LogP contribution in [0.25, 0.3) is 0 Å². The zero-order valence-electron chi connectivity index (χ0n) is 18.4. The van der Waals surface area contributed by atoms with Crippen LogP contribution in [0.5, 0.6) is 0 Å². The molecular formula is C27H31N3O. The van der Waals surface area contributed by atoms with E-state index in [0.717, 1.165) is 38.3 Å². The van der Waals surface area contributed by atoms with E-state index in [2.05, 4.69) is 58.4 Å². The number of nitrogens with zero attached hydrogens (tertiary/aromatic N) is 2. The lowest BCUT2D eigenvalue weighted by Gasteiger charge is -2.36. The summed E-state index contributed by atoms with van der Waals surface area (Å²) in [5, 5.41) is 3.08. The second-order valence-corrected chi connectivity index (χ2v) is 8.40. The third-order valence-electron chi connectivity index (χ3n) is 6.04. The molecule has 1 aliphatic rings. The van der Waals surface area contributed by atoms with Gasteiger partial charge in [-0.3, -0.25) is 9.69 Å². The first-order chi connectivity index (χ1) is 15.1. The quantitative estimate of drug-likeness (QED) is 0.630. The van der Waals surface area contributed by atoms with Crippen molar-refractivity contribution in [1.29, 1.82) is 0 Å². The Morgan fingerprint density at radius 3 is 2.16 bits per heavy atom. The predicted molar refractivity (Wildman–Crippen MR) is 127 cm³/mol. The fourth-order valence-electron chi connectivity index (χ4n) is 4.04. The van der Waals surface area contributed by atoms with Crippen LogP contribution in [0.4, 0.5) is 5.69 Å². The molecule has 3 aromatic rings. The van der Waals surface area contributed by atoms with Gasteiger partial charge in [-0.15, -0.1) is 0 Å². The molecule has 31 heavy (non-hydrogen) atoms. The molecule has 4 rings (SSSR count). The van der Waals surface area contributed by atoms with Crippen LogP contribution in [0, 0.1) is 6.92 Å². The van der Waals surface area contributed by atoms with Crippen molar-refractivity contribution in [2.45, 2.75) is 26.4 Å². The van der Waals surface area contributed by atoms with Crippen LogP contribution in [0.15, 0.2) is 78.9 Å². The first kappa shape index (κ1) is 21.1. The van der Waals surface area contributed by atoms with Crippen molar-refractivity contribution in [3.63, 3.8) is 0 Å². The van der Waals surface area contributed by atoms with Crippen molar-refractivity contribution < 1.29 is 4.79 Å². The summed E-state index contributed by atoms with van der Waals surface area (Å²) in [6, 6.07) is 26.8. The molecule has 1 heterocycles. The van der Waals surface area contributed by atoms with Gasteiger partial charge in [0.2, 0.25) is 0 Å². The Morgan fingerprint density at radius 2 is 1.52 bits per heavy atom. The van der Waals surface area contributed by atoms with E-state index in [0.29, 0.717) is 5.56 Å². The highest BCUT2D eigenvalue weighted by Gasteiger charge is 2.17. The molecule has 0 spiro atoms. The molecule has 1 saturated heterocycles. The van der Waals surface area contributed by atoms with Gasteiger partial charge in [-0.25, -0.2) is 0 Å². The second-order valence-electron chi connectivity index (χ2n) is 8.40. The van der Waals surface area contributed by atoms with Crippen LogP contribution in [0.2, 0.25) is 0 Å². The van der Waals surface area contributed by atoms with E-state index >= 15 is 0 Å². The fraction of sp³-hybridized carbons (Fsp3) is 0.296. The minimum atomic E-state index is -0.0328. The maximum atomic E-state index is 12.6. The van der Waals surface area contributed by atoms with E-state index in [1.54, 1.807) is 0 Å². The maximum Gasteiger partial charge on any atom is 0.251 e. The number of carbonyl (C=O) groups is 1. The number of hydrogen-bond donors (Lipinski definition) is 1. The number of nitrogens with one attached hydrogen (secondary N) is 1. The van der Waals surface area contributed by atoms with Gasteiger partial charge >= 0.3 is 0 Å². The number of piperazine rings is 1. The Morgan fingerprint density at radius 1 is 0.871 bits per heavy atom. The average molecular weight is 414 g/mol. The third-order valence-corrected chi connectivity index (χ3v) is 6.04. The van der Waals surface area contributed by atoms with Crippen LogP contribution < -0.4 is 10.2 Å². The van der Waals surface area contributed by atoms with Crippen LogP contribution in [0.1, 0.15) is 40.0 Å². The number of hydrogen-bond acceptors (Lipinski definition) is 3. The Balaban J connectivity index is 1.28. The summed E-state index contributed by atoms with van der Waals surface area (Å²) >= 11 is 0. The number of amides is 1. The minimum absolute atomic E-state index is 0.0156. The number of anilines is 1. The SMILES string of the molecule is Cc1ccc(N2CCN(Cc3ccc(C(=O)NC(C)c4ccccc4)cc3)CC2)cc1. The van der Waals surface area contributed by atoms with E-state index in [1.807, 2.05) is 49.4 Å². The molecule has 160 valence electrons. The Bertz CT molecular complexity index is 975. The average Bonchev–Trinajstić information content (AvgIpc) is 2.81. The summed E-state index contributed by atoms with van der Waals surface area (Å²) < 4.78 is 0. The molecule has 0 bridgehead atoms. The zero-order chi connectivity index (χ0) is 21.6. The van der Waals surface area contributed by atoms with Crippen molar-refractivity contribution in [2.75, 3.05) is 31.1 Å². The molecule has 0 aliphatic carbocycles. The van der Waals surface area contributed by atoms with Gasteiger partial charge in [0.1, 0.15) is 0 Å². The molecule has 4 nitrogen and oxygen atoms in total. The lowest BCUT2D eigenvalue weighted by atomic mass is 10.1. The lowest BCUT2D eigenvalue weighted by Crippen LogP contribution is -2.45. The molecule has 1 unspecified atom stereocenters. The summed E-state index contributed by atoms with van der Waals surface area (Å²) in [6.45, 7) is 9.24. The number of aryl methyl sites for hydroxylation is 1. The van der Waals surface area contributed by atoms with E-state index in [1.165, 1.54) is 16.8 Å². The summed E-state index contributed by atoms with van der Waals surface area (Å²) in [4.78, 5) is 17.5. The molecular weight excluding hydrogens is 382 g/mol. The van der Waals surface area contributed by atoms with Crippen molar-refractivity contribution in [2.24, 2.45) is 0 Å². The largest absolute Gasteiger partial charge is 0.369 e. The number of benzene rings is 3. The van der Waals surface area contributed by atoms with E-state index in [4.69, 9.17) is 0 Å². The molecule has 1 N–H and O–H groups in total. The molecule has 1 atom stereocenters. The first-order valence-corrected chi connectivity index (χ1v) is 11.1. The van der Waals surface area contributed by atoms with Crippen molar-refractivity contribution in [3.05, 3.63) is 101 Å². The van der Waals surface area contributed by atoms with Crippen LogP contribution in [-0.4, -0.2) is 37.0 Å². The molecule has 0 radical (unpaired) electrons. The molecule has 1 aliphatic heterocycles. The van der Waals surface area contributed by atoms with Gasteiger partial charge in [0.05, 0.1) is 6.04 Å². The molecule has 4 heteroatoms. The first-order valence-electron chi connectivity index (χ1n) is 11.1. The predicted octanol–water partition coefficient (Wildman–Crippen LogP) is 4.81. The summed E-state index contributed by atoms with van der Waals surface area (Å²) in [5.41, 5.74) is 5.67. The third kappa shape index (κ3) is 5.53. The van der Waals surface area contributed by atoms with Crippen molar-refractivity contribution >= 4 is 11.6 Å². The zero-order valence-corrected chi connectivity index (χ0v) is 18.4. The van der Waals surface area contributed by atoms with E-state index in [9.17, 15) is 4.79 Å². The molecule has 0 saturated carbocycles. The highest BCUT2D eigenvalue weighted by molar-refractivity contribution is 5.94. The van der Waals surface area contributed by atoms with Gasteiger partial charge < -0.3 is 10.2 Å². The summed E-state index contributed by atoms with van der Waals surface area (Å²) in [5.74, 6) is -0.0328. The number of rotatable bonds is 6. The Labute approximate surface area is 185 Å². The Hall–Kier alpha value is -3.11. The van der Waals surface area contributed by atoms with Crippen LogP contribution >= 0.6 is 0 Å². The number of carbonyl (C=O) groups excluding carboxylic acids is 1. The molecule has 0 aromatic heterocycles. The lowest BCUT2D eigenvalue weighted by molar-refractivity contribution is 0.0940. The van der Waals surface area contributed by atoms with Gasteiger partial charge in [-0.1, -0.05) is 60.2 Å². The Kier molecular flexibility index (Phi) is 6.68. The molecule has 3 aromatic carbocycles. The van der Waals surface area contributed by atoms with Gasteiger partial charge in [-0.2, -0.15) is 0 Å². The molecule has 1 amide bonds. The second kappa shape index (κ2) is 9.80. The highest BCUT2D eigenvalue weighted by Crippen LogP contribution is 2.18. The summed E-state index contributed by atoms with van der Waals surface area (Å²) in [6.07, 6.45) is 0. The smallest absolute Gasteiger partial charge is 0.251 e. The fourth-order valence-corrected chi connectivity index (χ4v) is 4.04. The van der Waals surface area contributed by atoms with Gasteiger partial charge in [-0.05, 0) is 49.2 Å². The monoisotopic (exact) mass is 413 g/mol. The van der Waals surface area contributed by atoms with Gasteiger partial charge in [0.25, 0.3) is 5.91 Å². The van der Waals surface area contributed by atoms with Crippen molar-refractivity contribution in [1.82, 2.24) is 10.2 Å². The van der Waals surface area contributed by atoms with E-state index in [-0.39, 0.29) is 11.9 Å². The minimum Gasteiger partial charge on any atom is -0.369 e. The summed E-state index contributed by atoms with van der Waals surface area (Å²) in [7, 11) is 0. The normalized spacial score (nSPS) is 15.5. The van der Waals surface area contributed by atoms with Crippen LogP contribution in [-0.2, 0) is 6.54 Å². The van der Waals surface area contributed by atoms with Gasteiger partial charge in [0, 0.05) is 44.0 Å². The standard InChI is InChI=1S/C27H31N3O/c1-21-8-14-26(15-9-21)30-18-16-29(17-19-30)20-23-10-12-25(13-11-23)27(31)28-22(2)24-6-4-3-5-7-24/h3-15,22H,16-20H2,1-2H3,(H,28,31). The maximum absolute atomic E-state index is 12.6. The topological polar surface area (TPSA) is 35.6 Å². The van der Waals surface area contributed by atoms with E-state index < -0.39 is 0 Å². The van der Waals surface area contributed by atoms with Crippen molar-refractivity contribution in [3.8, 4) is 0 Å². The highest BCUT2D eigenvalue weighted by atomic mass is 16.1. The molecule has 1 fully saturated rings. The van der Waals surface area contributed by atoms with Gasteiger partial charge in [0.15, 0.2) is 0 Å². The van der Waals surface area contributed by atoms with Crippen LogP contribution in [0.3, 0.4) is 0 Å².